The van der Waals surface area contributed by atoms with E-state index in [1.807, 2.05) is 30.3 Å². The third kappa shape index (κ3) is 5.55. The van der Waals surface area contributed by atoms with Crippen LogP contribution in [0.1, 0.15) is 29.7 Å². The minimum Gasteiger partial charge on any atom is -0.497 e. The van der Waals surface area contributed by atoms with Crippen LogP contribution in [0.5, 0.6) is 23.0 Å². The van der Waals surface area contributed by atoms with Gasteiger partial charge in [-0.3, -0.25) is 0 Å². The van der Waals surface area contributed by atoms with E-state index in [0.717, 1.165) is 27.7 Å². The molecule has 39 heavy (non-hydrogen) atoms. The zero-order chi connectivity index (χ0) is 27.4. The van der Waals surface area contributed by atoms with Crippen molar-refractivity contribution in [3.05, 3.63) is 77.5 Å². The Kier molecular flexibility index (Phi) is 7.99. The zero-order valence-corrected chi connectivity index (χ0v) is 23.3. The number of sulfonamides is 1. The van der Waals surface area contributed by atoms with Crippen LogP contribution in [0.4, 0.5) is 0 Å². The number of rotatable bonds is 5. The monoisotopic (exact) mass is 550 g/mol. The zero-order valence-electron chi connectivity index (χ0n) is 22.5. The highest BCUT2D eigenvalue weighted by Crippen LogP contribution is 2.33. The highest BCUT2D eigenvalue weighted by atomic mass is 32.2. The van der Waals surface area contributed by atoms with Gasteiger partial charge in [-0.1, -0.05) is 24.3 Å². The summed E-state index contributed by atoms with van der Waals surface area (Å²) in [5.41, 5.74) is 4.28. The number of nitrogens with zero attached hydrogens (tertiary/aromatic N) is 1. The number of benzene rings is 3. The predicted octanol–water partition coefficient (Wildman–Crippen LogP) is 5.19. The number of H-pyrrole nitrogens is 1. The quantitative estimate of drug-likeness (QED) is 0.368. The van der Waals surface area contributed by atoms with Gasteiger partial charge in [0.1, 0.15) is 16.4 Å². The lowest BCUT2D eigenvalue weighted by atomic mass is 10.0. The summed E-state index contributed by atoms with van der Waals surface area (Å²) in [5.74, 6) is 2.11. The maximum Gasteiger partial charge on any atom is 0.246 e. The van der Waals surface area contributed by atoms with E-state index in [-0.39, 0.29) is 10.6 Å². The van der Waals surface area contributed by atoms with Gasteiger partial charge in [-0.05, 0) is 60.7 Å². The fraction of sp³-hybridized carbons (Fsp3) is 0.333. The normalized spacial score (nSPS) is 15.2. The van der Waals surface area contributed by atoms with Gasteiger partial charge in [0.2, 0.25) is 10.0 Å². The number of para-hydroxylation sites is 1. The molecule has 0 aliphatic carbocycles. The van der Waals surface area contributed by atoms with Crippen molar-refractivity contribution in [1.29, 1.82) is 0 Å². The molecular weight excluding hydrogens is 516 g/mol. The molecule has 1 aliphatic rings. The van der Waals surface area contributed by atoms with Crippen molar-refractivity contribution in [3.8, 4) is 23.0 Å². The summed E-state index contributed by atoms with van der Waals surface area (Å²) in [7, 11) is 0.738. The van der Waals surface area contributed by atoms with Crippen LogP contribution in [0.3, 0.4) is 0 Å². The molecule has 206 valence electrons. The van der Waals surface area contributed by atoms with Crippen molar-refractivity contribution in [3.63, 3.8) is 0 Å². The number of fused-ring (bicyclic) bond motifs is 5. The van der Waals surface area contributed by atoms with E-state index < -0.39 is 10.0 Å². The SMILES string of the molecule is COc1ccc(OC)c(S(=O)(=O)N2CCCCOc3cc(ccc3OC)Cc3[nH]c4ccccc4c3CC2)c1. The van der Waals surface area contributed by atoms with E-state index in [4.69, 9.17) is 18.9 Å². The van der Waals surface area contributed by atoms with Crippen molar-refractivity contribution in [2.45, 2.75) is 30.6 Å². The Balaban J connectivity index is 1.56. The third-order valence-electron chi connectivity index (χ3n) is 7.17. The molecule has 3 aromatic carbocycles. The average molecular weight is 551 g/mol. The lowest BCUT2D eigenvalue weighted by Crippen LogP contribution is -2.34. The van der Waals surface area contributed by atoms with Gasteiger partial charge in [0.15, 0.2) is 11.5 Å². The van der Waals surface area contributed by atoms with Crippen molar-refractivity contribution < 1.29 is 27.4 Å². The fourth-order valence-corrected chi connectivity index (χ4v) is 6.78. The summed E-state index contributed by atoms with van der Waals surface area (Å²) < 4.78 is 52.0. The van der Waals surface area contributed by atoms with Crippen LogP contribution in [0.25, 0.3) is 10.9 Å². The molecule has 2 bridgehead atoms. The molecule has 0 fully saturated rings. The number of hydrogen-bond acceptors (Lipinski definition) is 6. The summed E-state index contributed by atoms with van der Waals surface area (Å²) in [4.78, 5) is 3.67. The molecule has 1 aromatic heterocycles. The maximum atomic E-state index is 14.0. The average Bonchev–Trinajstić information content (AvgIpc) is 3.30. The number of nitrogens with one attached hydrogen (secondary N) is 1. The second kappa shape index (κ2) is 11.6. The summed E-state index contributed by atoms with van der Waals surface area (Å²) in [6.07, 6.45) is 2.53. The first kappa shape index (κ1) is 26.9. The summed E-state index contributed by atoms with van der Waals surface area (Å²) in [5, 5.41) is 1.10. The minimum atomic E-state index is -3.88. The molecule has 0 atom stereocenters. The summed E-state index contributed by atoms with van der Waals surface area (Å²) in [6, 6.07) is 19.0. The highest BCUT2D eigenvalue weighted by molar-refractivity contribution is 7.89. The standard InChI is InChI=1S/C30H34N2O6S/c1-35-22-11-13-28(37-3)30(20-22)39(33,34)32-15-6-7-17-38-29-19-21(10-12-27(29)36-2)18-26-24(14-16-32)23-8-4-5-9-25(23)31-26/h4-5,8-13,19-20,31H,6-7,14-18H2,1-3H3. The topological polar surface area (TPSA) is 90.1 Å². The first-order chi connectivity index (χ1) is 18.9. The predicted molar refractivity (Wildman–Crippen MR) is 151 cm³/mol. The Hall–Kier alpha value is -3.69. The van der Waals surface area contributed by atoms with Crippen LogP contribution >= 0.6 is 0 Å². The van der Waals surface area contributed by atoms with E-state index >= 15 is 0 Å². The second-order valence-electron chi connectivity index (χ2n) is 9.52. The highest BCUT2D eigenvalue weighted by Gasteiger charge is 2.29. The van der Waals surface area contributed by atoms with Crippen molar-refractivity contribution in [1.82, 2.24) is 9.29 Å². The number of hydrogen-bond donors (Lipinski definition) is 1. The van der Waals surface area contributed by atoms with Crippen LogP contribution in [0, 0.1) is 0 Å². The Labute approximate surface area is 229 Å². The van der Waals surface area contributed by atoms with E-state index in [0.29, 0.717) is 62.6 Å². The molecule has 0 saturated heterocycles. The van der Waals surface area contributed by atoms with Crippen LogP contribution in [0.2, 0.25) is 0 Å². The van der Waals surface area contributed by atoms with Crippen LogP contribution in [0.15, 0.2) is 65.6 Å². The number of aromatic amines is 1. The molecule has 4 aromatic rings. The van der Waals surface area contributed by atoms with Crippen LogP contribution < -0.4 is 18.9 Å². The number of methoxy groups -OCH3 is 3. The van der Waals surface area contributed by atoms with Crippen LogP contribution in [-0.4, -0.2) is 58.7 Å². The van der Waals surface area contributed by atoms with Gasteiger partial charge in [0.25, 0.3) is 0 Å². The Bertz CT molecular complexity index is 1560. The first-order valence-electron chi connectivity index (χ1n) is 13.0. The van der Waals surface area contributed by atoms with Gasteiger partial charge in [0.05, 0.1) is 27.9 Å². The minimum absolute atomic E-state index is 0.0978. The van der Waals surface area contributed by atoms with E-state index in [1.165, 1.54) is 20.3 Å². The van der Waals surface area contributed by atoms with Crippen molar-refractivity contribution in [2.75, 3.05) is 41.0 Å². The molecule has 0 radical (unpaired) electrons. The molecule has 2 heterocycles. The maximum absolute atomic E-state index is 14.0. The smallest absolute Gasteiger partial charge is 0.246 e. The van der Waals surface area contributed by atoms with E-state index in [1.54, 1.807) is 23.5 Å². The molecule has 0 spiro atoms. The van der Waals surface area contributed by atoms with E-state index in [9.17, 15) is 8.42 Å². The van der Waals surface area contributed by atoms with Gasteiger partial charge < -0.3 is 23.9 Å². The molecular formula is C30H34N2O6S. The molecule has 0 saturated carbocycles. The van der Waals surface area contributed by atoms with Gasteiger partial charge in [-0.2, -0.15) is 4.31 Å². The molecule has 0 unspecified atom stereocenters. The lowest BCUT2D eigenvalue weighted by Gasteiger charge is -2.24. The number of ether oxygens (including phenoxy) is 4. The summed E-state index contributed by atoms with van der Waals surface area (Å²) in [6.45, 7) is 1.13. The summed E-state index contributed by atoms with van der Waals surface area (Å²) >= 11 is 0. The van der Waals surface area contributed by atoms with Gasteiger partial charge in [-0.15, -0.1) is 0 Å². The van der Waals surface area contributed by atoms with E-state index in [2.05, 4.69) is 17.1 Å². The first-order valence-corrected chi connectivity index (χ1v) is 14.5. The van der Waals surface area contributed by atoms with Gasteiger partial charge >= 0.3 is 0 Å². The molecule has 8 nitrogen and oxygen atoms in total. The Morgan fingerprint density at radius 2 is 1.67 bits per heavy atom. The fourth-order valence-electron chi connectivity index (χ4n) is 5.13. The lowest BCUT2D eigenvalue weighted by molar-refractivity contribution is 0.279. The molecule has 5 rings (SSSR count). The Morgan fingerprint density at radius 3 is 2.46 bits per heavy atom. The number of aromatic nitrogens is 1. The van der Waals surface area contributed by atoms with Crippen molar-refractivity contribution in [2.24, 2.45) is 0 Å². The second-order valence-corrected chi connectivity index (χ2v) is 11.4. The Morgan fingerprint density at radius 1 is 0.872 bits per heavy atom. The van der Waals surface area contributed by atoms with Crippen molar-refractivity contribution >= 4 is 20.9 Å². The molecule has 1 aliphatic heterocycles. The van der Waals surface area contributed by atoms with Gasteiger partial charge in [-0.25, -0.2) is 8.42 Å². The molecule has 1 N–H and O–H groups in total. The van der Waals surface area contributed by atoms with Gasteiger partial charge in [0, 0.05) is 42.2 Å². The molecule has 0 amide bonds. The third-order valence-corrected chi connectivity index (χ3v) is 9.09. The molecule has 9 heteroatoms. The van der Waals surface area contributed by atoms with Crippen LogP contribution in [-0.2, 0) is 22.9 Å². The largest absolute Gasteiger partial charge is 0.497 e.